The van der Waals surface area contributed by atoms with Crippen LogP contribution >= 0.6 is 23.2 Å². The van der Waals surface area contributed by atoms with Crippen LogP contribution in [0.25, 0.3) is 0 Å². The van der Waals surface area contributed by atoms with Crippen LogP contribution < -0.4 is 5.32 Å². The molecule has 1 unspecified atom stereocenters. The van der Waals surface area contributed by atoms with Crippen LogP contribution in [0.3, 0.4) is 0 Å². The van der Waals surface area contributed by atoms with Gasteiger partial charge in [0.1, 0.15) is 11.5 Å². The smallest absolute Gasteiger partial charge is 0.269 e. The first-order valence-electron chi connectivity index (χ1n) is 6.45. The second-order valence-electron chi connectivity index (χ2n) is 4.53. The number of carbonyl (C=O) groups excluding carboxylic acids is 1. The largest absolute Gasteiger partial charge is 0.387 e. The second-order valence-corrected chi connectivity index (χ2v) is 5.40. The number of benzene rings is 1. The number of nitrogens with zero attached hydrogens (tertiary/aromatic N) is 1. The Morgan fingerprint density at radius 3 is 2.62 bits per heavy atom. The molecule has 0 bridgehead atoms. The first kappa shape index (κ1) is 15.8. The topological polar surface area (TPSA) is 78.0 Å². The number of imidazole rings is 1. The molecule has 5 nitrogen and oxygen atoms in total. The predicted molar refractivity (Wildman–Crippen MR) is 81.7 cm³/mol. The number of rotatable bonds is 5. The van der Waals surface area contributed by atoms with Crippen LogP contribution in [0.5, 0.6) is 0 Å². The number of hydrogen-bond acceptors (Lipinski definition) is 3. The van der Waals surface area contributed by atoms with Gasteiger partial charge in [-0.3, -0.25) is 4.79 Å². The maximum absolute atomic E-state index is 11.9. The Labute approximate surface area is 132 Å². The lowest BCUT2D eigenvalue weighted by atomic mass is 10.1. The first-order valence-corrected chi connectivity index (χ1v) is 7.21. The van der Waals surface area contributed by atoms with E-state index in [-0.39, 0.29) is 12.5 Å². The molecule has 0 saturated heterocycles. The van der Waals surface area contributed by atoms with Crippen molar-refractivity contribution in [1.82, 2.24) is 15.3 Å². The molecule has 0 radical (unpaired) electrons. The fraction of sp³-hybridized carbons (Fsp3) is 0.286. The van der Waals surface area contributed by atoms with Gasteiger partial charge in [0.25, 0.3) is 5.91 Å². The summed E-state index contributed by atoms with van der Waals surface area (Å²) >= 11 is 11.8. The Kier molecular flexibility index (Phi) is 5.22. The van der Waals surface area contributed by atoms with Crippen molar-refractivity contribution < 1.29 is 9.90 Å². The highest BCUT2D eigenvalue weighted by Gasteiger charge is 2.13. The van der Waals surface area contributed by atoms with E-state index in [9.17, 15) is 9.90 Å². The zero-order valence-corrected chi connectivity index (χ0v) is 12.9. The number of aliphatic hydroxyl groups excluding tert-OH is 1. The van der Waals surface area contributed by atoms with E-state index in [2.05, 4.69) is 15.3 Å². The highest BCUT2D eigenvalue weighted by Crippen LogP contribution is 2.23. The number of aromatic nitrogens is 2. The van der Waals surface area contributed by atoms with Gasteiger partial charge in [0.2, 0.25) is 0 Å². The summed E-state index contributed by atoms with van der Waals surface area (Å²) in [6, 6.07) is 4.79. The van der Waals surface area contributed by atoms with Crippen molar-refractivity contribution in [2.75, 3.05) is 6.54 Å². The molecule has 112 valence electrons. The normalized spacial score (nSPS) is 12.2. The standard InChI is InChI=1S/C14H15Cl2N3O2/c1-2-13-17-6-11(19-13)14(21)18-7-12(20)8-3-9(15)5-10(16)4-8/h3-6,12,20H,2,7H2,1H3,(H,17,19)(H,18,21). The molecule has 0 aliphatic rings. The fourth-order valence-corrected chi connectivity index (χ4v) is 2.37. The zero-order chi connectivity index (χ0) is 15.4. The van der Waals surface area contributed by atoms with Crippen LogP contribution in [0.4, 0.5) is 0 Å². The van der Waals surface area contributed by atoms with E-state index in [4.69, 9.17) is 23.2 Å². The molecule has 1 aromatic carbocycles. The molecule has 21 heavy (non-hydrogen) atoms. The number of H-pyrrole nitrogens is 1. The van der Waals surface area contributed by atoms with Crippen LogP contribution in [0.1, 0.15) is 34.9 Å². The van der Waals surface area contributed by atoms with E-state index >= 15 is 0 Å². The van der Waals surface area contributed by atoms with Gasteiger partial charge in [-0.15, -0.1) is 0 Å². The second kappa shape index (κ2) is 6.93. The summed E-state index contributed by atoms with van der Waals surface area (Å²) in [4.78, 5) is 18.8. The number of aromatic amines is 1. The van der Waals surface area contributed by atoms with Crippen molar-refractivity contribution in [3.8, 4) is 0 Å². The number of nitrogens with one attached hydrogen (secondary N) is 2. The van der Waals surface area contributed by atoms with Gasteiger partial charge in [-0.1, -0.05) is 30.1 Å². The molecule has 3 N–H and O–H groups in total. The Balaban J connectivity index is 1.97. The summed E-state index contributed by atoms with van der Waals surface area (Å²) in [5.74, 6) is 0.414. The molecular formula is C14H15Cl2N3O2. The van der Waals surface area contributed by atoms with Gasteiger partial charge in [0.05, 0.1) is 12.3 Å². The molecule has 0 saturated carbocycles. The van der Waals surface area contributed by atoms with Gasteiger partial charge in [-0.05, 0) is 23.8 Å². The number of hydrogen-bond donors (Lipinski definition) is 3. The summed E-state index contributed by atoms with van der Waals surface area (Å²) in [7, 11) is 0. The van der Waals surface area contributed by atoms with Crippen molar-refractivity contribution in [3.63, 3.8) is 0 Å². The molecular weight excluding hydrogens is 313 g/mol. The third-order valence-electron chi connectivity index (χ3n) is 2.93. The quantitative estimate of drug-likeness (QED) is 0.790. The average Bonchev–Trinajstić information content (AvgIpc) is 2.92. The highest BCUT2D eigenvalue weighted by molar-refractivity contribution is 6.34. The number of amides is 1. The van der Waals surface area contributed by atoms with Crippen LogP contribution in [0.2, 0.25) is 10.0 Å². The minimum atomic E-state index is -0.890. The highest BCUT2D eigenvalue weighted by atomic mass is 35.5. The van der Waals surface area contributed by atoms with E-state index in [1.165, 1.54) is 6.20 Å². The number of aliphatic hydroxyl groups is 1. The zero-order valence-electron chi connectivity index (χ0n) is 11.4. The summed E-state index contributed by atoms with van der Waals surface area (Å²) in [6.45, 7) is 1.99. The van der Waals surface area contributed by atoms with Crippen molar-refractivity contribution in [2.24, 2.45) is 0 Å². The molecule has 0 spiro atoms. The van der Waals surface area contributed by atoms with Crippen LogP contribution in [-0.2, 0) is 6.42 Å². The van der Waals surface area contributed by atoms with Crippen molar-refractivity contribution >= 4 is 29.1 Å². The lowest BCUT2D eigenvalue weighted by Gasteiger charge is -2.12. The molecule has 1 amide bonds. The minimum Gasteiger partial charge on any atom is -0.387 e. The molecule has 2 rings (SSSR count). The van der Waals surface area contributed by atoms with Crippen LogP contribution in [0.15, 0.2) is 24.4 Å². The Hall–Kier alpha value is -1.56. The van der Waals surface area contributed by atoms with Crippen molar-refractivity contribution in [1.29, 1.82) is 0 Å². The fourth-order valence-electron chi connectivity index (χ4n) is 1.83. The Morgan fingerprint density at radius 2 is 2.05 bits per heavy atom. The third-order valence-corrected chi connectivity index (χ3v) is 3.37. The lowest BCUT2D eigenvalue weighted by molar-refractivity contribution is 0.0912. The predicted octanol–water partition coefficient (Wildman–Crippen LogP) is 2.74. The lowest BCUT2D eigenvalue weighted by Crippen LogP contribution is -2.28. The average molecular weight is 328 g/mol. The number of carbonyl (C=O) groups is 1. The maximum Gasteiger partial charge on any atom is 0.269 e. The van der Waals surface area contributed by atoms with Gasteiger partial charge >= 0.3 is 0 Å². The molecule has 1 aromatic heterocycles. The third kappa shape index (κ3) is 4.20. The number of halogens is 2. The van der Waals surface area contributed by atoms with Crippen molar-refractivity contribution in [2.45, 2.75) is 19.4 Å². The first-order chi connectivity index (χ1) is 9.99. The molecule has 7 heteroatoms. The van der Waals surface area contributed by atoms with Gasteiger partial charge in [0.15, 0.2) is 0 Å². The molecule has 0 fully saturated rings. The molecule has 2 aromatic rings. The monoisotopic (exact) mass is 327 g/mol. The number of aryl methyl sites for hydroxylation is 1. The molecule has 0 aliphatic heterocycles. The van der Waals surface area contributed by atoms with Gasteiger partial charge < -0.3 is 15.4 Å². The van der Waals surface area contributed by atoms with E-state index in [1.807, 2.05) is 6.92 Å². The van der Waals surface area contributed by atoms with E-state index in [1.54, 1.807) is 18.2 Å². The van der Waals surface area contributed by atoms with E-state index in [0.717, 1.165) is 12.2 Å². The minimum absolute atomic E-state index is 0.0516. The molecule has 1 atom stereocenters. The summed E-state index contributed by atoms with van der Waals surface area (Å²) in [5, 5.41) is 13.6. The maximum atomic E-state index is 11.9. The summed E-state index contributed by atoms with van der Waals surface area (Å²) in [6.07, 6.45) is 1.30. The van der Waals surface area contributed by atoms with E-state index < -0.39 is 6.10 Å². The van der Waals surface area contributed by atoms with Gasteiger partial charge in [-0.2, -0.15) is 0 Å². The van der Waals surface area contributed by atoms with Crippen molar-refractivity contribution in [3.05, 3.63) is 51.5 Å². The Morgan fingerprint density at radius 1 is 1.38 bits per heavy atom. The SMILES string of the molecule is CCc1ncc(C(=O)NCC(O)c2cc(Cl)cc(Cl)c2)[nH]1. The Bertz CT molecular complexity index is 623. The summed E-state index contributed by atoms with van der Waals surface area (Å²) < 4.78 is 0. The molecule has 1 heterocycles. The van der Waals surface area contributed by atoms with Gasteiger partial charge in [0, 0.05) is 23.0 Å². The molecule has 0 aliphatic carbocycles. The van der Waals surface area contributed by atoms with Gasteiger partial charge in [-0.25, -0.2) is 4.98 Å². The summed E-state index contributed by atoms with van der Waals surface area (Å²) in [5.41, 5.74) is 0.912. The van der Waals surface area contributed by atoms with Crippen LogP contribution in [0, 0.1) is 0 Å². The van der Waals surface area contributed by atoms with E-state index in [0.29, 0.717) is 21.3 Å². The van der Waals surface area contributed by atoms with Crippen LogP contribution in [-0.4, -0.2) is 27.5 Å².